The lowest BCUT2D eigenvalue weighted by molar-refractivity contribution is -0.116. The summed E-state index contributed by atoms with van der Waals surface area (Å²) in [7, 11) is 0. The van der Waals surface area contributed by atoms with Crippen LogP contribution in [0, 0.1) is 0 Å². The molecule has 0 bridgehead atoms. The largest absolute Gasteiger partial charge is 0.441 e. The molecule has 0 fully saturated rings. The highest BCUT2D eigenvalue weighted by Crippen LogP contribution is 2.28. The number of hydrogen-bond acceptors (Lipinski definition) is 4. The molecule has 8 heteroatoms. The van der Waals surface area contributed by atoms with Gasteiger partial charge in [0.1, 0.15) is 0 Å². The van der Waals surface area contributed by atoms with Crippen molar-refractivity contribution in [3.05, 3.63) is 70.2 Å². The van der Waals surface area contributed by atoms with E-state index in [0.717, 1.165) is 12.0 Å². The SMILES string of the molecule is CCCNC(=O)c1ccc(NC(=O)CCc2ncc(-c3ccccc3Cl)o2)cc1Cl. The molecule has 3 rings (SSSR count). The van der Waals surface area contributed by atoms with Gasteiger partial charge in [-0.05, 0) is 36.8 Å². The number of aromatic nitrogens is 1. The van der Waals surface area contributed by atoms with Gasteiger partial charge in [-0.3, -0.25) is 9.59 Å². The molecule has 0 atom stereocenters. The molecule has 6 nitrogen and oxygen atoms in total. The molecule has 0 spiro atoms. The van der Waals surface area contributed by atoms with Crippen molar-refractivity contribution in [2.24, 2.45) is 0 Å². The van der Waals surface area contributed by atoms with Crippen molar-refractivity contribution in [3.63, 3.8) is 0 Å². The second kappa shape index (κ2) is 10.3. The lowest BCUT2D eigenvalue weighted by atomic mass is 10.2. The molecule has 0 saturated heterocycles. The Morgan fingerprint density at radius 1 is 1.10 bits per heavy atom. The lowest BCUT2D eigenvalue weighted by Crippen LogP contribution is -2.24. The fourth-order valence-corrected chi connectivity index (χ4v) is 3.26. The molecule has 0 aliphatic heterocycles. The fraction of sp³-hybridized carbons (Fsp3) is 0.227. The molecule has 2 aromatic carbocycles. The molecule has 156 valence electrons. The van der Waals surface area contributed by atoms with Crippen molar-refractivity contribution in [1.82, 2.24) is 10.3 Å². The van der Waals surface area contributed by atoms with Crippen LogP contribution in [0.1, 0.15) is 36.0 Å². The van der Waals surface area contributed by atoms with Gasteiger partial charge in [0.15, 0.2) is 11.7 Å². The molecule has 30 heavy (non-hydrogen) atoms. The van der Waals surface area contributed by atoms with Gasteiger partial charge in [0, 0.05) is 30.6 Å². The zero-order valence-corrected chi connectivity index (χ0v) is 17.9. The van der Waals surface area contributed by atoms with Gasteiger partial charge < -0.3 is 15.1 Å². The van der Waals surface area contributed by atoms with Crippen LogP contribution in [0.25, 0.3) is 11.3 Å². The zero-order valence-electron chi connectivity index (χ0n) is 16.4. The Balaban J connectivity index is 1.56. The zero-order chi connectivity index (χ0) is 21.5. The monoisotopic (exact) mass is 445 g/mol. The lowest BCUT2D eigenvalue weighted by Gasteiger charge is -2.09. The maximum Gasteiger partial charge on any atom is 0.252 e. The number of aryl methyl sites for hydroxylation is 1. The van der Waals surface area contributed by atoms with Gasteiger partial charge in [-0.15, -0.1) is 0 Å². The van der Waals surface area contributed by atoms with Crippen LogP contribution in [-0.2, 0) is 11.2 Å². The maximum atomic E-state index is 12.3. The number of halogens is 2. The van der Waals surface area contributed by atoms with Crippen molar-refractivity contribution in [1.29, 1.82) is 0 Å². The summed E-state index contributed by atoms with van der Waals surface area (Å²) in [5.41, 5.74) is 1.64. The molecule has 0 aliphatic rings. The van der Waals surface area contributed by atoms with Gasteiger partial charge in [0.25, 0.3) is 5.91 Å². The first-order chi connectivity index (χ1) is 14.5. The van der Waals surface area contributed by atoms with Gasteiger partial charge >= 0.3 is 0 Å². The molecular formula is C22H21Cl2N3O3. The van der Waals surface area contributed by atoms with E-state index in [-0.39, 0.29) is 23.3 Å². The smallest absolute Gasteiger partial charge is 0.252 e. The third-order valence-corrected chi connectivity index (χ3v) is 4.93. The predicted molar refractivity (Wildman–Crippen MR) is 118 cm³/mol. The average Bonchev–Trinajstić information content (AvgIpc) is 3.20. The average molecular weight is 446 g/mol. The number of nitrogens with zero attached hydrogens (tertiary/aromatic N) is 1. The third kappa shape index (κ3) is 5.62. The van der Waals surface area contributed by atoms with E-state index in [0.29, 0.717) is 40.9 Å². The number of carbonyl (C=O) groups is 2. The van der Waals surface area contributed by atoms with E-state index in [1.165, 1.54) is 0 Å². The summed E-state index contributed by atoms with van der Waals surface area (Å²) in [6.07, 6.45) is 2.94. The Morgan fingerprint density at radius 2 is 1.90 bits per heavy atom. The number of nitrogens with one attached hydrogen (secondary N) is 2. The van der Waals surface area contributed by atoms with E-state index in [1.807, 2.05) is 25.1 Å². The highest BCUT2D eigenvalue weighted by atomic mass is 35.5. The second-order valence-electron chi connectivity index (χ2n) is 6.60. The predicted octanol–water partition coefficient (Wildman–Crippen LogP) is 5.36. The fourth-order valence-electron chi connectivity index (χ4n) is 2.77. The number of rotatable bonds is 8. The summed E-state index contributed by atoms with van der Waals surface area (Å²) < 4.78 is 5.70. The number of carbonyl (C=O) groups excluding carboxylic acids is 2. The highest BCUT2D eigenvalue weighted by Gasteiger charge is 2.13. The quantitative estimate of drug-likeness (QED) is 0.488. The van der Waals surface area contributed by atoms with Crippen molar-refractivity contribution >= 4 is 40.7 Å². The first kappa shape index (κ1) is 21.9. The normalized spacial score (nSPS) is 10.6. The van der Waals surface area contributed by atoms with Crippen molar-refractivity contribution in [2.75, 3.05) is 11.9 Å². The van der Waals surface area contributed by atoms with E-state index in [2.05, 4.69) is 15.6 Å². The summed E-state index contributed by atoms with van der Waals surface area (Å²) in [5, 5.41) is 6.38. The van der Waals surface area contributed by atoms with Crippen LogP contribution in [0.5, 0.6) is 0 Å². The number of hydrogen-bond donors (Lipinski definition) is 2. The van der Waals surface area contributed by atoms with E-state index >= 15 is 0 Å². The Bertz CT molecular complexity index is 1050. The van der Waals surface area contributed by atoms with Crippen LogP contribution in [-0.4, -0.2) is 23.3 Å². The Labute approximate surface area is 184 Å². The minimum Gasteiger partial charge on any atom is -0.441 e. The number of anilines is 1. The van der Waals surface area contributed by atoms with E-state index < -0.39 is 0 Å². The summed E-state index contributed by atoms with van der Waals surface area (Å²) in [6, 6.07) is 12.1. The molecule has 0 saturated carbocycles. The molecule has 3 aromatic rings. The number of amides is 2. The molecular weight excluding hydrogens is 425 g/mol. The minimum absolute atomic E-state index is 0.179. The molecule has 1 aromatic heterocycles. The molecule has 0 aliphatic carbocycles. The standard InChI is InChI=1S/C22H21Cl2N3O3/c1-2-11-25-22(29)16-8-7-14(12-18(16)24)27-20(28)9-10-21-26-13-19(30-21)15-5-3-4-6-17(15)23/h3-8,12-13H,2,9-11H2,1H3,(H,25,29)(H,27,28). The molecule has 0 radical (unpaired) electrons. The van der Waals surface area contributed by atoms with Crippen molar-refractivity contribution in [3.8, 4) is 11.3 Å². The van der Waals surface area contributed by atoms with E-state index in [4.69, 9.17) is 27.6 Å². The van der Waals surface area contributed by atoms with Crippen molar-refractivity contribution in [2.45, 2.75) is 26.2 Å². The topological polar surface area (TPSA) is 84.2 Å². The summed E-state index contributed by atoms with van der Waals surface area (Å²) in [4.78, 5) is 28.5. The van der Waals surface area contributed by atoms with Gasteiger partial charge in [0.05, 0.1) is 21.8 Å². The van der Waals surface area contributed by atoms with Gasteiger partial charge in [0.2, 0.25) is 5.91 Å². The van der Waals surface area contributed by atoms with Crippen LogP contribution in [0.15, 0.2) is 53.1 Å². The van der Waals surface area contributed by atoms with Gasteiger partial charge in [-0.1, -0.05) is 42.3 Å². The van der Waals surface area contributed by atoms with Crippen LogP contribution >= 0.6 is 23.2 Å². The van der Waals surface area contributed by atoms with Crippen LogP contribution in [0.4, 0.5) is 5.69 Å². The molecule has 2 N–H and O–H groups in total. The van der Waals surface area contributed by atoms with Crippen LogP contribution in [0.3, 0.4) is 0 Å². The Hall–Kier alpha value is -2.83. The van der Waals surface area contributed by atoms with Gasteiger partial charge in [-0.2, -0.15) is 0 Å². The Kier molecular flexibility index (Phi) is 7.49. The highest BCUT2D eigenvalue weighted by molar-refractivity contribution is 6.34. The first-order valence-corrected chi connectivity index (χ1v) is 10.3. The maximum absolute atomic E-state index is 12.3. The number of benzene rings is 2. The third-order valence-electron chi connectivity index (χ3n) is 4.29. The van der Waals surface area contributed by atoms with Crippen LogP contribution < -0.4 is 10.6 Å². The molecule has 1 heterocycles. The minimum atomic E-state index is -0.238. The van der Waals surface area contributed by atoms with E-state index in [1.54, 1.807) is 30.5 Å². The van der Waals surface area contributed by atoms with E-state index in [9.17, 15) is 9.59 Å². The summed E-state index contributed by atoms with van der Waals surface area (Å²) >= 11 is 12.4. The summed E-state index contributed by atoms with van der Waals surface area (Å²) in [6.45, 7) is 2.54. The molecule has 2 amide bonds. The van der Waals surface area contributed by atoms with Crippen LogP contribution in [0.2, 0.25) is 10.0 Å². The summed E-state index contributed by atoms with van der Waals surface area (Å²) in [5.74, 6) is 0.547. The Morgan fingerprint density at radius 3 is 2.63 bits per heavy atom. The first-order valence-electron chi connectivity index (χ1n) is 9.55. The van der Waals surface area contributed by atoms with Gasteiger partial charge in [-0.25, -0.2) is 4.98 Å². The second-order valence-corrected chi connectivity index (χ2v) is 7.41. The van der Waals surface area contributed by atoms with Crippen molar-refractivity contribution < 1.29 is 14.0 Å². The number of oxazole rings is 1. The molecule has 0 unspecified atom stereocenters.